The van der Waals surface area contributed by atoms with Gasteiger partial charge in [-0.25, -0.2) is 4.39 Å². The van der Waals surface area contributed by atoms with Crippen LogP contribution < -0.4 is 16.2 Å². The first kappa shape index (κ1) is 21.7. The van der Waals surface area contributed by atoms with E-state index in [9.17, 15) is 24.2 Å². The van der Waals surface area contributed by atoms with Crippen molar-refractivity contribution in [2.45, 2.75) is 25.5 Å². The van der Waals surface area contributed by atoms with Crippen LogP contribution in [0.4, 0.5) is 10.1 Å². The minimum absolute atomic E-state index is 0.0505. The van der Waals surface area contributed by atoms with E-state index in [1.807, 2.05) is 0 Å². The molecule has 4 N–H and O–H groups in total. The number of aromatic nitrogens is 1. The van der Waals surface area contributed by atoms with Crippen LogP contribution in [-0.2, 0) is 19.4 Å². The fraction of sp³-hybridized carbons (Fsp3) is 0.381. The average Bonchev–Trinajstić information content (AvgIpc) is 2.73. The Morgan fingerprint density at radius 1 is 1.33 bits per heavy atom. The van der Waals surface area contributed by atoms with Gasteiger partial charge in [0.25, 0.3) is 11.5 Å². The smallest absolute Gasteiger partial charge is 0.267 e. The van der Waals surface area contributed by atoms with E-state index in [0.29, 0.717) is 18.5 Å². The van der Waals surface area contributed by atoms with Gasteiger partial charge in [-0.15, -0.1) is 0 Å². The summed E-state index contributed by atoms with van der Waals surface area (Å²) in [6, 6.07) is 6.15. The fourth-order valence-electron chi connectivity index (χ4n) is 3.65. The van der Waals surface area contributed by atoms with Crippen molar-refractivity contribution in [3.05, 3.63) is 57.3 Å². The molecule has 0 aliphatic carbocycles. The predicted molar refractivity (Wildman–Crippen MR) is 111 cm³/mol. The molecule has 0 saturated heterocycles. The Morgan fingerprint density at radius 2 is 2.03 bits per heavy atom. The van der Waals surface area contributed by atoms with Gasteiger partial charge in [0, 0.05) is 25.7 Å². The maximum absolute atomic E-state index is 13.2. The van der Waals surface area contributed by atoms with Crippen LogP contribution in [0.2, 0.25) is 0 Å². The quantitative estimate of drug-likeness (QED) is 0.532. The van der Waals surface area contributed by atoms with Crippen molar-refractivity contribution in [2.24, 2.45) is 10.9 Å². The molecule has 1 amide bonds. The summed E-state index contributed by atoms with van der Waals surface area (Å²) in [4.78, 5) is 29.6. The molecular weight excluding hydrogens is 391 g/mol. The van der Waals surface area contributed by atoms with Gasteiger partial charge in [0.15, 0.2) is 5.75 Å². The van der Waals surface area contributed by atoms with Crippen molar-refractivity contribution in [3.8, 4) is 5.75 Å². The molecule has 30 heavy (non-hydrogen) atoms. The second kappa shape index (κ2) is 9.19. The SMILES string of the molecule is CNCC(O)Cn1c2c(c(O)c(C(=O)NC)c1=O)N=CC(Cc1ccc(F)cc1)C2. The first-order valence-electron chi connectivity index (χ1n) is 9.67. The number of aromatic hydroxyl groups is 1. The van der Waals surface area contributed by atoms with Crippen molar-refractivity contribution in [3.63, 3.8) is 0 Å². The number of carbonyl (C=O) groups is 1. The third-order valence-electron chi connectivity index (χ3n) is 5.09. The molecule has 8 nitrogen and oxygen atoms in total. The maximum atomic E-state index is 13.2. The van der Waals surface area contributed by atoms with Crippen LogP contribution in [0.15, 0.2) is 34.1 Å². The molecule has 0 radical (unpaired) electrons. The van der Waals surface area contributed by atoms with Crippen LogP contribution in [0, 0.1) is 11.7 Å². The van der Waals surface area contributed by atoms with Gasteiger partial charge in [0.05, 0.1) is 18.3 Å². The molecular formula is C21H25FN4O4. The molecule has 1 aromatic heterocycles. The average molecular weight is 416 g/mol. The van der Waals surface area contributed by atoms with E-state index >= 15 is 0 Å². The van der Waals surface area contributed by atoms with E-state index in [0.717, 1.165) is 5.56 Å². The number of aliphatic hydroxyl groups is 1. The van der Waals surface area contributed by atoms with Crippen LogP contribution >= 0.6 is 0 Å². The van der Waals surface area contributed by atoms with E-state index in [-0.39, 0.29) is 30.5 Å². The number of amides is 1. The second-order valence-electron chi connectivity index (χ2n) is 7.30. The minimum Gasteiger partial charge on any atom is -0.505 e. The molecule has 0 fully saturated rings. The third-order valence-corrected chi connectivity index (χ3v) is 5.09. The van der Waals surface area contributed by atoms with E-state index < -0.39 is 28.9 Å². The highest BCUT2D eigenvalue weighted by Gasteiger charge is 2.29. The number of halogens is 1. The lowest BCUT2D eigenvalue weighted by Crippen LogP contribution is -2.39. The van der Waals surface area contributed by atoms with Crippen LogP contribution in [-0.4, -0.2) is 53.6 Å². The van der Waals surface area contributed by atoms with Gasteiger partial charge in [-0.3, -0.25) is 14.6 Å². The Kier molecular flexibility index (Phi) is 6.63. The van der Waals surface area contributed by atoms with Crippen molar-refractivity contribution in [1.29, 1.82) is 0 Å². The van der Waals surface area contributed by atoms with Gasteiger partial charge in [-0.05, 0) is 37.6 Å². The van der Waals surface area contributed by atoms with Gasteiger partial charge >= 0.3 is 0 Å². The normalized spacial score (nSPS) is 16.2. The van der Waals surface area contributed by atoms with Gasteiger partial charge in [-0.1, -0.05) is 12.1 Å². The molecule has 0 bridgehead atoms. The molecule has 1 aliphatic rings. The van der Waals surface area contributed by atoms with Crippen LogP contribution in [0.25, 0.3) is 0 Å². The minimum atomic E-state index is -0.875. The zero-order valence-corrected chi connectivity index (χ0v) is 16.9. The molecule has 9 heteroatoms. The lowest BCUT2D eigenvalue weighted by atomic mass is 9.92. The fourth-order valence-corrected chi connectivity index (χ4v) is 3.65. The summed E-state index contributed by atoms with van der Waals surface area (Å²) in [7, 11) is 3.04. The van der Waals surface area contributed by atoms with Crippen LogP contribution in [0.1, 0.15) is 21.6 Å². The second-order valence-corrected chi connectivity index (χ2v) is 7.30. The number of benzene rings is 1. The summed E-state index contributed by atoms with van der Waals surface area (Å²) in [6.07, 6.45) is 1.73. The van der Waals surface area contributed by atoms with Crippen molar-refractivity contribution in [1.82, 2.24) is 15.2 Å². The Balaban J connectivity index is 2.02. The number of fused-ring (bicyclic) bond motifs is 1. The highest BCUT2D eigenvalue weighted by molar-refractivity contribution is 5.98. The van der Waals surface area contributed by atoms with Crippen molar-refractivity contribution < 1.29 is 19.4 Å². The predicted octanol–water partition coefficient (Wildman–Crippen LogP) is 0.750. The lowest BCUT2D eigenvalue weighted by molar-refractivity contribution is 0.0956. The number of aliphatic hydroxyl groups excluding tert-OH is 1. The monoisotopic (exact) mass is 416 g/mol. The third kappa shape index (κ3) is 4.42. The van der Waals surface area contributed by atoms with Crippen molar-refractivity contribution in [2.75, 3.05) is 20.6 Å². The molecule has 2 unspecified atom stereocenters. The van der Waals surface area contributed by atoms with Crippen molar-refractivity contribution >= 4 is 17.8 Å². The van der Waals surface area contributed by atoms with E-state index in [4.69, 9.17) is 0 Å². The zero-order valence-electron chi connectivity index (χ0n) is 16.9. The summed E-state index contributed by atoms with van der Waals surface area (Å²) in [5.74, 6) is -1.60. The van der Waals surface area contributed by atoms with Gasteiger partial charge in [-0.2, -0.15) is 0 Å². The van der Waals surface area contributed by atoms with E-state index in [2.05, 4.69) is 15.6 Å². The Morgan fingerprint density at radius 3 is 2.67 bits per heavy atom. The molecule has 160 valence electrons. The number of nitrogens with zero attached hydrogens (tertiary/aromatic N) is 2. The van der Waals surface area contributed by atoms with Gasteiger partial charge in [0.2, 0.25) is 0 Å². The molecule has 0 spiro atoms. The number of rotatable bonds is 7. The number of hydrogen-bond donors (Lipinski definition) is 4. The number of hydrogen-bond acceptors (Lipinski definition) is 6. The summed E-state index contributed by atoms with van der Waals surface area (Å²) in [5, 5.41) is 26.0. The Labute approximate surface area is 173 Å². The summed E-state index contributed by atoms with van der Waals surface area (Å²) < 4.78 is 14.5. The van der Waals surface area contributed by atoms with Crippen LogP contribution in [0.5, 0.6) is 5.75 Å². The van der Waals surface area contributed by atoms with E-state index in [1.165, 1.54) is 23.7 Å². The topological polar surface area (TPSA) is 116 Å². The lowest BCUT2D eigenvalue weighted by Gasteiger charge is -2.25. The molecule has 2 atom stereocenters. The van der Waals surface area contributed by atoms with E-state index in [1.54, 1.807) is 25.4 Å². The number of nitrogens with one attached hydrogen (secondary N) is 2. The number of carbonyl (C=O) groups excluding carboxylic acids is 1. The summed E-state index contributed by atoms with van der Waals surface area (Å²) >= 11 is 0. The zero-order chi connectivity index (χ0) is 21.8. The van der Waals surface area contributed by atoms with Gasteiger partial charge < -0.3 is 25.4 Å². The Hall–Kier alpha value is -3.04. The molecule has 0 saturated carbocycles. The maximum Gasteiger partial charge on any atom is 0.267 e. The Bertz CT molecular complexity index is 1020. The molecule has 3 rings (SSSR count). The largest absolute Gasteiger partial charge is 0.505 e. The standard InChI is InChI=1S/C21H25FN4O4/c1-23-10-15(27)11-26-16-8-13(7-12-3-5-14(22)6-4-12)9-25-18(16)19(28)17(21(26)30)20(29)24-2/h3-6,9,13,15,23,27-28H,7-8,10-11H2,1-2H3,(H,24,29). The number of pyridine rings is 1. The molecule has 2 heterocycles. The number of likely N-dealkylation sites (N-methyl/N-ethyl adjacent to an activating group) is 1. The number of aliphatic imine (C=N–C) groups is 1. The van der Waals surface area contributed by atoms with Gasteiger partial charge in [0.1, 0.15) is 17.1 Å². The van der Waals surface area contributed by atoms with Crippen LogP contribution in [0.3, 0.4) is 0 Å². The summed E-state index contributed by atoms with van der Waals surface area (Å²) in [5.41, 5.74) is 0.433. The summed E-state index contributed by atoms with van der Waals surface area (Å²) in [6.45, 7) is 0.199. The molecule has 1 aliphatic heterocycles. The first-order chi connectivity index (χ1) is 14.3. The highest BCUT2D eigenvalue weighted by atomic mass is 19.1. The molecule has 2 aromatic rings. The molecule has 1 aromatic carbocycles. The highest BCUT2D eigenvalue weighted by Crippen LogP contribution is 2.36. The first-order valence-corrected chi connectivity index (χ1v) is 9.67.